The molecule has 0 unspecified atom stereocenters. The lowest BCUT2D eigenvalue weighted by atomic mass is 10.2. The van der Waals surface area contributed by atoms with Crippen LogP contribution >= 0.6 is 23.2 Å². The van der Waals surface area contributed by atoms with Gasteiger partial charge in [-0.25, -0.2) is 9.18 Å². The minimum Gasteiger partial charge on any atom is -0.442 e. The van der Waals surface area contributed by atoms with Crippen LogP contribution in [0.2, 0.25) is 0 Å². The maximum atomic E-state index is 14.7. The fourth-order valence-electron chi connectivity index (χ4n) is 2.91. The number of nitrogens with one attached hydrogen (secondary N) is 1. The van der Waals surface area contributed by atoms with Crippen LogP contribution in [-0.2, 0) is 9.53 Å². The Balaban J connectivity index is 1.64. The van der Waals surface area contributed by atoms with E-state index < -0.39 is 28.8 Å². The summed E-state index contributed by atoms with van der Waals surface area (Å²) >= 11 is 10.9. The van der Waals surface area contributed by atoms with E-state index in [1.807, 2.05) is 0 Å². The molecule has 0 bridgehead atoms. The molecule has 1 atom stereocenters. The molecule has 1 aromatic rings. The summed E-state index contributed by atoms with van der Waals surface area (Å²) in [6.07, 6.45) is 5.55. The molecular formula is C18H18Cl2FN5O3. The molecule has 0 radical (unpaired) electrons. The van der Waals surface area contributed by atoms with Crippen molar-refractivity contribution in [2.24, 2.45) is 5.10 Å². The Hall–Kier alpha value is -2.70. The molecule has 8 nitrogen and oxygen atoms in total. The summed E-state index contributed by atoms with van der Waals surface area (Å²) in [6, 6.07) is 4.45. The van der Waals surface area contributed by atoms with Crippen LogP contribution in [-0.4, -0.2) is 67.0 Å². The summed E-state index contributed by atoms with van der Waals surface area (Å²) < 4.78 is 19.9. The van der Waals surface area contributed by atoms with Gasteiger partial charge in [-0.2, -0.15) is 5.10 Å². The number of nitrogens with zero attached hydrogens (tertiary/aromatic N) is 4. The van der Waals surface area contributed by atoms with E-state index in [0.29, 0.717) is 31.0 Å². The van der Waals surface area contributed by atoms with E-state index >= 15 is 0 Å². The Morgan fingerprint density at radius 1 is 1.45 bits per heavy atom. The number of ether oxygens (including phenoxy) is 1. The first-order valence-electron chi connectivity index (χ1n) is 8.71. The summed E-state index contributed by atoms with van der Waals surface area (Å²) in [4.78, 5) is 25.3. The normalized spacial score (nSPS) is 18.8. The molecule has 2 amide bonds. The van der Waals surface area contributed by atoms with Crippen LogP contribution in [0.4, 0.5) is 20.6 Å². The third kappa shape index (κ3) is 5.02. The van der Waals surface area contributed by atoms with Gasteiger partial charge < -0.3 is 15.0 Å². The van der Waals surface area contributed by atoms with Crippen molar-refractivity contribution < 1.29 is 18.7 Å². The number of terminal acetylenes is 1. The van der Waals surface area contributed by atoms with Crippen LogP contribution in [0.1, 0.15) is 0 Å². The predicted octanol–water partition coefficient (Wildman–Crippen LogP) is 1.77. The molecule has 1 fully saturated rings. The van der Waals surface area contributed by atoms with Crippen molar-refractivity contribution in [2.45, 2.75) is 10.9 Å². The van der Waals surface area contributed by atoms with Crippen LogP contribution < -0.4 is 15.1 Å². The number of benzene rings is 1. The van der Waals surface area contributed by atoms with E-state index in [0.717, 1.165) is 0 Å². The number of carbonyl (C=O) groups is 2. The SMILES string of the molecule is C#CCN1CCN(c2ccc(N3C[C@H](CNC(=O)C(Cl)Cl)OC3=O)cc2F)C=N1. The molecular weight excluding hydrogens is 424 g/mol. The van der Waals surface area contributed by atoms with Crippen LogP contribution in [0.3, 0.4) is 0 Å². The summed E-state index contributed by atoms with van der Waals surface area (Å²) in [5, 5.41) is 8.36. The third-order valence-corrected chi connectivity index (χ3v) is 4.75. The van der Waals surface area contributed by atoms with Gasteiger partial charge in [-0.15, -0.1) is 6.42 Å². The monoisotopic (exact) mass is 441 g/mol. The Morgan fingerprint density at radius 2 is 2.24 bits per heavy atom. The van der Waals surface area contributed by atoms with Gasteiger partial charge in [0.1, 0.15) is 18.3 Å². The van der Waals surface area contributed by atoms with Gasteiger partial charge in [0.15, 0.2) is 4.84 Å². The Labute approximate surface area is 177 Å². The molecule has 2 aliphatic heterocycles. The smallest absolute Gasteiger partial charge is 0.414 e. The van der Waals surface area contributed by atoms with E-state index in [1.165, 1.54) is 17.3 Å². The first-order chi connectivity index (χ1) is 13.9. The summed E-state index contributed by atoms with van der Waals surface area (Å²) in [7, 11) is 0. The standard InChI is InChI=1S/C18H18Cl2FN5O3/c1-2-5-25-7-6-24(11-23-25)15-4-3-12(8-14(15)21)26-10-13(29-18(26)28)9-22-17(27)16(19)20/h1,3-4,8,11,13,16H,5-7,9-10H2,(H,22,27)/t13-/m0/s1. The molecule has 2 aliphatic rings. The van der Waals surface area contributed by atoms with E-state index in [9.17, 15) is 14.0 Å². The van der Waals surface area contributed by atoms with Crippen molar-refractivity contribution in [1.82, 2.24) is 10.3 Å². The second-order valence-corrected chi connectivity index (χ2v) is 7.41. The topological polar surface area (TPSA) is 77.5 Å². The summed E-state index contributed by atoms with van der Waals surface area (Å²) in [5.41, 5.74) is 0.685. The number of anilines is 2. The van der Waals surface area contributed by atoms with Crippen molar-refractivity contribution in [1.29, 1.82) is 0 Å². The zero-order chi connectivity index (χ0) is 21.0. The number of rotatable bonds is 6. The molecule has 3 rings (SSSR count). The molecule has 2 heterocycles. The molecule has 1 saturated heterocycles. The fourth-order valence-corrected chi connectivity index (χ4v) is 3.06. The number of hydrogen-bond donors (Lipinski definition) is 1. The predicted molar refractivity (Wildman–Crippen MR) is 109 cm³/mol. The van der Waals surface area contributed by atoms with Gasteiger partial charge in [-0.05, 0) is 18.2 Å². The highest BCUT2D eigenvalue weighted by atomic mass is 35.5. The van der Waals surface area contributed by atoms with Crippen molar-refractivity contribution in [3.05, 3.63) is 24.0 Å². The molecule has 154 valence electrons. The van der Waals surface area contributed by atoms with Gasteiger partial charge in [-0.3, -0.25) is 14.7 Å². The minimum atomic E-state index is -1.21. The highest BCUT2D eigenvalue weighted by Gasteiger charge is 2.33. The average molecular weight is 442 g/mol. The van der Waals surface area contributed by atoms with Crippen molar-refractivity contribution in [3.63, 3.8) is 0 Å². The lowest BCUT2D eigenvalue weighted by Crippen LogP contribution is -2.38. The number of amides is 2. The van der Waals surface area contributed by atoms with Crippen molar-refractivity contribution >= 4 is 52.9 Å². The van der Waals surface area contributed by atoms with Crippen LogP contribution in [0.5, 0.6) is 0 Å². The zero-order valence-electron chi connectivity index (χ0n) is 15.2. The molecule has 29 heavy (non-hydrogen) atoms. The second kappa shape index (κ2) is 9.20. The van der Waals surface area contributed by atoms with E-state index in [-0.39, 0.29) is 13.1 Å². The second-order valence-electron chi connectivity index (χ2n) is 6.31. The number of hydrogen-bond acceptors (Lipinski definition) is 6. The highest BCUT2D eigenvalue weighted by Crippen LogP contribution is 2.28. The fraction of sp³-hybridized carbons (Fsp3) is 0.389. The lowest BCUT2D eigenvalue weighted by molar-refractivity contribution is -0.119. The van der Waals surface area contributed by atoms with E-state index in [4.69, 9.17) is 34.4 Å². The van der Waals surface area contributed by atoms with Gasteiger partial charge in [0.2, 0.25) is 0 Å². The zero-order valence-corrected chi connectivity index (χ0v) is 16.7. The van der Waals surface area contributed by atoms with Crippen LogP contribution in [0.15, 0.2) is 23.3 Å². The molecule has 1 aromatic carbocycles. The lowest BCUT2D eigenvalue weighted by Gasteiger charge is -2.29. The third-order valence-electron chi connectivity index (χ3n) is 4.36. The number of hydrazone groups is 1. The largest absolute Gasteiger partial charge is 0.442 e. The first kappa shape index (κ1) is 21.0. The molecule has 0 spiro atoms. The van der Waals surface area contributed by atoms with Gasteiger partial charge in [-0.1, -0.05) is 29.1 Å². The number of alkyl halides is 2. The quantitative estimate of drug-likeness (QED) is 0.537. The van der Waals surface area contributed by atoms with Crippen LogP contribution in [0.25, 0.3) is 0 Å². The van der Waals surface area contributed by atoms with E-state index in [2.05, 4.69) is 16.3 Å². The Kier molecular flexibility index (Phi) is 6.67. The Morgan fingerprint density at radius 3 is 2.86 bits per heavy atom. The number of halogens is 3. The molecule has 0 saturated carbocycles. The maximum absolute atomic E-state index is 14.7. The molecule has 0 aliphatic carbocycles. The minimum absolute atomic E-state index is 0.0516. The summed E-state index contributed by atoms with van der Waals surface area (Å²) in [5.74, 6) is 1.42. The first-order valence-corrected chi connectivity index (χ1v) is 9.59. The number of carbonyl (C=O) groups excluding carboxylic acids is 2. The molecule has 1 N–H and O–H groups in total. The molecule has 0 aromatic heterocycles. The van der Waals surface area contributed by atoms with Gasteiger partial charge in [0.25, 0.3) is 5.91 Å². The van der Waals surface area contributed by atoms with Crippen molar-refractivity contribution in [3.8, 4) is 12.3 Å². The number of cyclic esters (lactones) is 1. The summed E-state index contributed by atoms with van der Waals surface area (Å²) in [6.45, 7) is 1.69. The van der Waals surface area contributed by atoms with Crippen molar-refractivity contribution in [2.75, 3.05) is 42.5 Å². The van der Waals surface area contributed by atoms with Gasteiger partial charge in [0, 0.05) is 6.54 Å². The van der Waals surface area contributed by atoms with E-state index in [1.54, 1.807) is 22.0 Å². The molecule has 11 heteroatoms. The maximum Gasteiger partial charge on any atom is 0.414 e. The highest BCUT2D eigenvalue weighted by molar-refractivity contribution is 6.53. The Bertz CT molecular complexity index is 860. The van der Waals surface area contributed by atoms with Gasteiger partial charge in [0.05, 0.1) is 37.6 Å². The van der Waals surface area contributed by atoms with Gasteiger partial charge >= 0.3 is 6.09 Å². The average Bonchev–Trinajstić information content (AvgIpc) is 3.07. The van der Waals surface area contributed by atoms with Crippen LogP contribution in [0, 0.1) is 18.2 Å².